The van der Waals surface area contributed by atoms with Gasteiger partial charge in [0.2, 0.25) is 0 Å². The van der Waals surface area contributed by atoms with E-state index in [0.717, 1.165) is 19.3 Å². The molecule has 1 saturated carbocycles. The highest BCUT2D eigenvalue weighted by Crippen LogP contribution is 2.48. The third-order valence-electron chi connectivity index (χ3n) is 3.23. The third-order valence-corrected chi connectivity index (χ3v) is 3.23. The molecular weight excluding hydrogens is 207 g/mol. The summed E-state index contributed by atoms with van der Waals surface area (Å²) in [6.45, 7) is 1.02. The van der Waals surface area contributed by atoms with Gasteiger partial charge in [0, 0.05) is 13.2 Å². The van der Waals surface area contributed by atoms with Crippen LogP contribution in [0, 0.1) is 0 Å². The zero-order valence-electron chi connectivity index (χ0n) is 8.57. The van der Waals surface area contributed by atoms with Crippen molar-refractivity contribution < 1.29 is 17.9 Å². The monoisotopic (exact) mass is 223 g/mol. The van der Waals surface area contributed by atoms with Crippen molar-refractivity contribution in [2.45, 2.75) is 49.9 Å². The van der Waals surface area contributed by atoms with Gasteiger partial charge >= 0.3 is 6.18 Å². The number of halogens is 3. The molecule has 0 aromatic rings. The average molecular weight is 223 g/mol. The molecule has 2 aliphatic rings. The molecule has 0 aromatic carbocycles. The number of hydrogen-bond acceptors (Lipinski definition) is 2. The second-order valence-electron chi connectivity index (χ2n) is 4.45. The molecule has 1 heterocycles. The van der Waals surface area contributed by atoms with E-state index < -0.39 is 11.7 Å². The van der Waals surface area contributed by atoms with E-state index in [1.54, 1.807) is 0 Å². The van der Waals surface area contributed by atoms with Crippen LogP contribution in [0.1, 0.15) is 32.1 Å². The molecule has 0 bridgehead atoms. The van der Waals surface area contributed by atoms with Crippen LogP contribution in [-0.2, 0) is 4.74 Å². The largest absolute Gasteiger partial charge is 0.406 e. The summed E-state index contributed by atoms with van der Waals surface area (Å²) < 4.78 is 43.0. The van der Waals surface area contributed by atoms with Crippen molar-refractivity contribution in [3.8, 4) is 0 Å². The lowest BCUT2D eigenvalue weighted by atomic mass is 10.1. The smallest absolute Gasteiger partial charge is 0.377 e. The van der Waals surface area contributed by atoms with Crippen LogP contribution in [0.2, 0.25) is 0 Å². The minimum absolute atomic E-state index is 0.0291. The lowest BCUT2D eigenvalue weighted by Gasteiger charge is -2.27. The molecule has 1 atom stereocenters. The van der Waals surface area contributed by atoms with Crippen molar-refractivity contribution in [3.05, 3.63) is 0 Å². The lowest BCUT2D eigenvalue weighted by molar-refractivity contribution is -0.167. The summed E-state index contributed by atoms with van der Waals surface area (Å²) in [5, 5.41) is 2.63. The van der Waals surface area contributed by atoms with Crippen molar-refractivity contribution in [1.29, 1.82) is 0 Å². The third kappa shape index (κ3) is 2.45. The Bertz CT molecular complexity index is 219. The highest BCUT2D eigenvalue weighted by atomic mass is 19.4. The predicted octanol–water partition coefficient (Wildman–Crippen LogP) is 2.24. The van der Waals surface area contributed by atoms with Gasteiger partial charge in [-0.1, -0.05) is 0 Å². The number of ether oxygens (including phenoxy) is 1. The molecule has 0 amide bonds. The minimum Gasteiger partial charge on any atom is -0.377 e. The Kier molecular flexibility index (Phi) is 2.94. The molecule has 15 heavy (non-hydrogen) atoms. The zero-order valence-corrected chi connectivity index (χ0v) is 8.57. The molecule has 2 fully saturated rings. The van der Waals surface area contributed by atoms with E-state index in [9.17, 15) is 13.2 Å². The van der Waals surface area contributed by atoms with Gasteiger partial charge in [0.1, 0.15) is 5.54 Å². The van der Waals surface area contributed by atoms with Crippen LogP contribution in [0.5, 0.6) is 0 Å². The summed E-state index contributed by atoms with van der Waals surface area (Å²) in [4.78, 5) is 0. The Morgan fingerprint density at radius 2 is 2.00 bits per heavy atom. The van der Waals surface area contributed by atoms with Gasteiger partial charge in [-0.15, -0.1) is 0 Å². The van der Waals surface area contributed by atoms with Crippen molar-refractivity contribution in [2.75, 3.05) is 13.2 Å². The van der Waals surface area contributed by atoms with E-state index >= 15 is 0 Å². The maximum Gasteiger partial charge on any atom is 0.406 e. The molecule has 1 aliphatic heterocycles. The molecule has 1 aliphatic carbocycles. The van der Waals surface area contributed by atoms with E-state index in [1.165, 1.54) is 0 Å². The lowest BCUT2D eigenvalue weighted by Crippen LogP contribution is -2.48. The normalized spacial score (nSPS) is 30.2. The molecule has 88 valence electrons. The van der Waals surface area contributed by atoms with Gasteiger partial charge in [-0.05, 0) is 32.1 Å². The molecule has 2 nitrogen and oxygen atoms in total. The molecule has 1 N–H and O–H groups in total. The molecule has 2 rings (SSSR count). The van der Waals surface area contributed by atoms with Gasteiger partial charge in [0.05, 0.1) is 6.10 Å². The second kappa shape index (κ2) is 3.94. The number of alkyl halides is 3. The van der Waals surface area contributed by atoms with E-state index in [-0.39, 0.29) is 18.9 Å². The number of hydrogen-bond donors (Lipinski definition) is 1. The molecule has 1 unspecified atom stereocenters. The van der Waals surface area contributed by atoms with Crippen molar-refractivity contribution in [1.82, 2.24) is 5.32 Å². The number of rotatable bonds is 3. The Morgan fingerprint density at radius 3 is 2.47 bits per heavy atom. The molecule has 0 spiro atoms. The van der Waals surface area contributed by atoms with Gasteiger partial charge in [-0.3, -0.25) is 0 Å². The topological polar surface area (TPSA) is 21.3 Å². The van der Waals surface area contributed by atoms with Crippen molar-refractivity contribution in [3.63, 3.8) is 0 Å². The summed E-state index contributed by atoms with van der Waals surface area (Å²) in [5.41, 5.74) is -1.59. The molecule has 5 heteroatoms. The fraction of sp³-hybridized carbons (Fsp3) is 1.00. The first-order valence-corrected chi connectivity index (χ1v) is 5.47. The fourth-order valence-electron chi connectivity index (χ4n) is 1.96. The van der Waals surface area contributed by atoms with Crippen LogP contribution in [-0.4, -0.2) is 31.0 Å². The molecule has 0 radical (unpaired) electrons. The van der Waals surface area contributed by atoms with Gasteiger partial charge < -0.3 is 10.1 Å². The molecule has 0 aromatic heterocycles. The fourth-order valence-corrected chi connectivity index (χ4v) is 1.96. The standard InChI is InChI=1S/C10H16F3NO/c11-10(12,13)9(4-5-9)14-7-8-3-1-2-6-15-8/h8,14H,1-7H2. The van der Waals surface area contributed by atoms with Crippen LogP contribution in [0.15, 0.2) is 0 Å². The summed E-state index contributed by atoms with van der Waals surface area (Å²) in [5.74, 6) is 0. The van der Waals surface area contributed by atoms with Crippen LogP contribution < -0.4 is 5.32 Å². The highest BCUT2D eigenvalue weighted by Gasteiger charge is 2.63. The maximum atomic E-state index is 12.5. The maximum absolute atomic E-state index is 12.5. The van der Waals surface area contributed by atoms with Crippen LogP contribution in [0.3, 0.4) is 0 Å². The average Bonchev–Trinajstić information content (AvgIpc) is 2.96. The van der Waals surface area contributed by atoms with Crippen molar-refractivity contribution in [2.24, 2.45) is 0 Å². The first-order valence-electron chi connectivity index (χ1n) is 5.47. The van der Waals surface area contributed by atoms with Crippen LogP contribution in [0.4, 0.5) is 13.2 Å². The predicted molar refractivity (Wildman–Crippen MR) is 49.6 cm³/mol. The SMILES string of the molecule is FC(F)(F)C1(NCC2CCCCO2)CC1. The van der Waals surface area contributed by atoms with Crippen molar-refractivity contribution >= 4 is 0 Å². The quantitative estimate of drug-likeness (QED) is 0.792. The Balaban J connectivity index is 1.77. The van der Waals surface area contributed by atoms with E-state index in [4.69, 9.17) is 4.74 Å². The number of nitrogens with one attached hydrogen (secondary N) is 1. The molecular formula is C10H16F3NO. The van der Waals surface area contributed by atoms with E-state index in [2.05, 4.69) is 5.32 Å². The molecule has 1 saturated heterocycles. The first-order chi connectivity index (χ1) is 7.04. The van der Waals surface area contributed by atoms with E-state index in [1.807, 2.05) is 0 Å². The van der Waals surface area contributed by atoms with Crippen LogP contribution in [0.25, 0.3) is 0 Å². The van der Waals surface area contributed by atoms with Gasteiger partial charge in [-0.2, -0.15) is 13.2 Å². The highest BCUT2D eigenvalue weighted by molar-refractivity contribution is 5.08. The minimum atomic E-state index is -4.11. The summed E-state index contributed by atoms with van der Waals surface area (Å²) in [6, 6.07) is 0. The zero-order chi connectivity index (χ0) is 10.9. The first kappa shape index (κ1) is 11.2. The second-order valence-corrected chi connectivity index (χ2v) is 4.45. The Morgan fingerprint density at radius 1 is 1.27 bits per heavy atom. The van der Waals surface area contributed by atoms with Crippen LogP contribution >= 0.6 is 0 Å². The Labute approximate surface area is 87.2 Å². The Hall–Kier alpha value is -0.290. The van der Waals surface area contributed by atoms with E-state index in [0.29, 0.717) is 13.2 Å². The summed E-state index contributed by atoms with van der Waals surface area (Å²) in [7, 11) is 0. The van der Waals surface area contributed by atoms with Gasteiger partial charge in [0.25, 0.3) is 0 Å². The summed E-state index contributed by atoms with van der Waals surface area (Å²) >= 11 is 0. The van der Waals surface area contributed by atoms with Gasteiger partial charge in [-0.25, -0.2) is 0 Å². The summed E-state index contributed by atoms with van der Waals surface area (Å²) in [6.07, 6.45) is -0.750. The van der Waals surface area contributed by atoms with Gasteiger partial charge in [0.15, 0.2) is 0 Å².